The third kappa shape index (κ3) is 3.25. The Morgan fingerprint density at radius 1 is 1.12 bits per heavy atom. The van der Waals surface area contributed by atoms with Gasteiger partial charge in [-0.2, -0.15) is 5.10 Å². The number of hydrogen-bond donors (Lipinski definition) is 2. The predicted molar refractivity (Wildman–Crippen MR) is 94.3 cm³/mol. The Labute approximate surface area is 143 Å². The second-order valence-electron chi connectivity index (χ2n) is 5.59. The number of carbonyl (C=O) groups excluding carboxylic acids is 2. The van der Waals surface area contributed by atoms with Gasteiger partial charge in [-0.05, 0) is 37.3 Å². The molecule has 3 rings (SSSR count). The fourth-order valence-electron chi connectivity index (χ4n) is 2.46. The number of nitrogens with two attached hydrogens (primary N) is 1. The highest BCUT2D eigenvalue weighted by Crippen LogP contribution is 2.13. The van der Waals surface area contributed by atoms with E-state index in [2.05, 4.69) is 10.4 Å². The Morgan fingerprint density at radius 2 is 1.80 bits per heavy atom. The van der Waals surface area contributed by atoms with E-state index >= 15 is 0 Å². The molecule has 0 bridgehead atoms. The van der Waals surface area contributed by atoms with Crippen molar-refractivity contribution in [2.45, 2.75) is 13.0 Å². The van der Waals surface area contributed by atoms with E-state index in [-0.39, 0.29) is 5.56 Å². The molecule has 7 heteroatoms. The van der Waals surface area contributed by atoms with Crippen LogP contribution in [0.3, 0.4) is 0 Å². The van der Waals surface area contributed by atoms with Crippen LogP contribution in [0.1, 0.15) is 23.3 Å². The molecule has 0 radical (unpaired) electrons. The number of primary amides is 1. The van der Waals surface area contributed by atoms with Crippen molar-refractivity contribution in [2.75, 3.05) is 5.32 Å². The number of hydrogen-bond acceptors (Lipinski definition) is 4. The Morgan fingerprint density at radius 3 is 2.48 bits per heavy atom. The van der Waals surface area contributed by atoms with Crippen LogP contribution in [0.4, 0.5) is 5.69 Å². The molecule has 1 heterocycles. The summed E-state index contributed by atoms with van der Waals surface area (Å²) in [6.45, 7) is 1.59. The zero-order chi connectivity index (χ0) is 18.0. The molecule has 0 spiro atoms. The van der Waals surface area contributed by atoms with Crippen molar-refractivity contribution in [1.82, 2.24) is 9.78 Å². The van der Waals surface area contributed by atoms with Gasteiger partial charge in [0.05, 0.1) is 11.6 Å². The minimum atomic E-state index is -0.798. The van der Waals surface area contributed by atoms with Gasteiger partial charge in [0.25, 0.3) is 5.56 Å². The number of fused-ring (bicyclic) bond motifs is 1. The molecule has 0 aliphatic carbocycles. The summed E-state index contributed by atoms with van der Waals surface area (Å²) >= 11 is 0. The van der Waals surface area contributed by atoms with Gasteiger partial charge in [0.1, 0.15) is 6.04 Å². The molecule has 3 N–H and O–H groups in total. The van der Waals surface area contributed by atoms with Gasteiger partial charge in [0.15, 0.2) is 0 Å². The van der Waals surface area contributed by atoms with Crippen molar-refractivity contribution < 1.29 is 9.59 Å². The van der Waals surface area contributed by atoms with Gasteiger partial charge in [-0.25, -0.2) is 4.68 Å². The standard InChI is InChI=1S/C18H16N4O3/c1-11(17(24)21-14-8-6-12(7-9-14)16(19)23)22-18(25)15-5-3-2-4-13(15)10-20-22/h2-11H,1H3,(H2,19,23)(H,21,24)/t11-/m1/s1. The number of rotatable bonds is 4. The van der Waals surface area contributed by atoms with E-state index in [0.717, 1.165) is 10.1 Å². The Bertz CT molecular complexity index is 1010. The Balaban J connectivity index is 1.84. The van der Waals surface area contributed by atoms with Crippen molar-refractivity contribution in [3.63, 3.8) is 0 Å². The highest BCUT2D eigenvalue weighted by Gasteiger charge is 2.18. The molecule has 126 valence electrons. The van der Waals surface area contributed by atoms with Gasteiger partial charge in [-0.15, -0.1) is 0 Å². The number of aromatic nitrogens is 2. The van der Waals surface area contributed by atoms with Crippen LogP contribution >= 0.6 is 0 Å². The van der Waals surface area contributed by atoms with Gasteiger partial charge < -0.3 is 11.1 Å². The van der Waals surface area contributed by atoms with Crippen LogP contribution in [0.15, 0.2) is 59.5 Å². The molecule has 3 aromatic rings. The number of anilines is 1. The van der Waals surface area contributed by atoms with Crippen LogP contribution in [0.25, 0.3) is 10.8 Å². The molecule has 1 aromatic heterocycles. The monoisotopic (exact) mass is 336 g/mol. The molecule has 0 aliphatic rings. The molecule has 0 saturated carbocycles. The molecule has 7 nitrogen and oxygen atoms in total. The Kier molecular flexibility index (Phi) is 4.30. The first-order chi connectivity index (χ1) is 12.0. The molecule has 2 aromatic carbocycles. The second-order valence-corrected chi connectivity index (χ2v) is 5.59. The molecule has 2 amide bonds. The lowest BCUT2D eigenvalue weighted by atomic mass is 10.2. The lowest BCUT2D eigenvalue weighted by Gasteiger charge is -2.14. The lowest BCUT2D eigenvalue weighted by molar-refractivity contribution is -0.119. The lowest BCUT2D eigenvalue weighted by Crippen LogP contribution is -2.33. The smallest absolute Gasteiger partial charge is 0.275 e. The molecular weight excluding hydrogens is 320 g/mol. The average Bonchev–Trinajstić information content (AvgIpc) is 2.62. The van der Waals surface area contributed by atoms with Crippen LogP contribution in [0, 0.1) is 0 Å². The summed E-state index contributed by atoms with van der Waals surface area (Å²) in [6, 6.07) is 12.4. The van der Waals surface area contributed by atoms with E-state index in [4.69, 9.17) is 5.73 Å². The van der Waals surface area contributed by atoms with Crippen molar-refractivity contribution in [3.8, 4) is 0 Å². The summed E-state index contributed by atoms with van der Waals surface area (Å²) in [4.78, 5) is 36.0. The van der Waals surface area contributed by atoms with Gasteiger partial charge >= 0.3 is 0 Å². The first-order valence-corrected chi connectivity index (χ1v) is 7.64. The second kappa shape index (κ2) is 6.56. The highest BCUT2D eigenvalue weighted by molar-refractivity contribution is 5.96. The van der Waals surface area contributed by atoms with Gasteiger partial charge in [-0.3, -0.25) is 14.4 Å². The maximum absolute atomic E-state index is 12.5. The highest BCUT2D eigenvalue weighted by atomic mass is 16.2. The van der Waals surface area contributed by atoms with Gasteiger partial charge in [0.2, 0.25) is 11.8 Å². The summed E-state index contributed by atoms with van der Waals surface area (Å²) in [5.41, 5.74) is 5.69. The third-order valence-corrected chi connectivity index (χ3v) is 3.90. The summed E-state index contributed by atoms with van der Waals surface area (Å²) in [5.74, 6) is -0.935. The molecule has 0 saturated heterocycles. The van der Waals surface area contributed by atoms with E-state index in [0.29, 0.717) is 16.6 Å². The van der Waals surface area contributed by atoms with Crippen LogP contribution in [-0.4, -0.2) is 21.6 Å². The van der Waals surface area contributed by atoms with Crippen molar-refractivity contribution in [1.29, 1.82) is 0 Å². The van der Waals surface area contributed by atoms with E-state index in [1.165, 1.54) is 12.1 Å². The SMILES string of the molecule is C[C@H](C(=O)Nc1ccc(C(N)=O)cc1)n1ncc2ccccc2c1=O. The average molecular weight is 336 g/mol. The number of nitrogens with one attached hydrogen (secondary N) is 1. The van der Waals surface area contributed by atoms with Crippen LogP contribution in [0.5, 0.6) is 0 Å². The topological polar surface area (TPSA) is 107 Å². The van der Waals surface area contributed by atoms with Crippen LogP contribution in [-0.2, 0) is 4.79 Å². The zero-order valence-corrected chi connectivity index (χ0v) is 13.5. The fourth-order valence-corrected chi connectivity index (χ4v) is 2.46. The van der Waals surface area contributed by atoms with E-state index in [1.54, 1.807) is 43.5 Å². The predicted octanol–water partition coefficient (Wildman–Crippen LogP) is 1.70. The largest absolute Gasteiger partial charge is 0.366 e. The molecule has 0 unspecified atom stereocenters. The summed E-state index contributed by atoms with van der Waals surface area (Å²) < 4.78 is 1.15. The van der Waals surface area contributed by atoms with Crippen molar-refractivity contribution >= 4 is 28.3 Å². The normalized spacial score (nSPS) is 11.9. The molecule has 0 aliphatic heterocycles. The number of benzene rings is 2. The quantitative estimate of drug-likeness (QED) is 0.756. The first-order valence-electron chi connectivity index (χ1n) is 7.64. The van der Waals surface area contributed by atoms with Crippen molar-refractivity contribution in [2.24, 2.45) is 5.73 Å². The van der Waals surface area contributed by atoms with E-state index < -0.39 is 17.9 Å². The molecule has 25 heavy (non-hydrogen) atoms. The summed E-state index contributed by atoms with van der Waals surface area (Å²) in [7, 11) is 0. The minimum Gasteiger partial charge on any atom is -0.366 e. The van der Waals surface area contributed by atoms with Gasteiger partial charge in [0, 0.05) is 16.6 Å². The third-order valence-electron chi connectivity index (χ3n) is 3.90. The number of nitrogens with zero attached hydrogens (tertiary/aromatic N) is 2. The number of amides is 2. The van der Waals surface area contributed by atoms with E-state index in [9.17, 15) is 14.4 Å². The van der Waals surface area contributed by atoms with Crippen molar-refractivity contribution in [3.05, 3.63) is 70.6 Å². The van der Waals surface area contributed by atoms with Crippen LogP contribution < -0.4 is 16.6 Å². The zero-order valence-electron chi connectivity index (χ0n) is 13.5. The summed E-state index contributed by atoms with van der Waals surface area (Å²) in [6.07, 6.45) is 1.56. The number of carbonyl (C=O) groups is 2. The van der Waals surface area contributed by atoms with Crippen LogP contribution in [0.2, 0.25) is 0 Å². The molecular formula is C18H16N4O3. The summed E-state index contributed by atoms with van der Waals surface area (Å²) in [5, 5.41) is 8.00. The minimum absolute atomic E-state index is 0.329. The Hall–Kier alpha value is -3.48. The maximum Gasteiger partial charge on any atom is 0.275 e. The molecule has 1 atom stereocenters. The maximum atomic E-state index is 12.5. The van der Waals surface area contributed by atoms with E-state index in [1.807, 2.05) is 6.07 Å². The fraction of sp³-hybridized carbons (Fsp3) is 0.111. The molecule has 0 fully saturated rings. The van der Waals surface area contributed by atoms with Gasteiger partial charge in [-0.1, -0.05) is 18.2 Å². The first kappa shape index (κ1) is 16.4.